The largest absolute Gasteiger partial charge is 0.354 e. The minimum atomic E-state index is 0.480. The Morgan fingerprint density at radius 3 is 2.80 bits per heavy atom. The molecular weight excluding hydrogens is 398 g/mol. The number of nitrogens with one attached hydrogen (secondary N) is 2. The monoisotopic (exact) mass is 421 g/mol. The molecule has 2 N–H and O–H groups in total. The molecule has 1 saturated heterocycles. The van der Waals surface area contributed by atoms with Crippen molar-refractivity contribution in [3.8, 4) is 0 Å². The predicted octanol–water partition coefficient (Wildman–Crippen LogP) is 4.13. The van der Waals surface area contributed by atoms with Crippen molar-refractivity contribution in [1.29, 1.82) is 0 Å². The maximum absolute atomic E-state index is 6.54. The van der Waals surface area contributed by atoms with E-state index in [9.17, 15) is 0 Å². The van der Waals surface area contributed by atoms with Crippen molar-refractivity contribution in [2.75, 3.05) is 36.9 Å². The molecule has 0 radical (unpaired) electrons. The highest BCUT2D eigenvalue weighted by Gasteiger charge is 2.26. The first-order valence-electron chi connectivity index (χ1n) is 10.1. The van der Waals surface area contributed by atoms with E-state index in [-0.39, 0.29) is 0 Å². The lowest BCUT2D eigenvalue weighted by Gasteiger charge is -2.38. The van der Waals surface area contributed by atoms with Gasteiger partial charge in [0, 0.05) is 54.1 Å². The molecule has 0 saturated carbocycles. The predicted molar refractivity (Wildman–Crippen MR) is 122 cm³/mol. The summed E-state index contributed by atoms with van der Waals surface area (Å²) in [5, 5.41) is 11.6. The number of aryl methyl sites for hydroxylation is 1. The molecule has 1 aromatic carbocycles. The lowest BCUT2D eigenvalue weighted by molar-refractivity contribution is 0.233. The summed E-state index contributed by atoms with van der Waals surface area (Å²) in [4.78, 5) is 14.5. The highest BCUT2D eigenvalue weighted by atomic mass is 35.5. The molecule has 8 heteroatoms. The first-order chi connectivity index (χ1) is 14.5. The summed E-state index contributed by atoms with van der Waals surface area (Å²) in [6.07, 6.45) is 1.90. The number of hydrogen-bond donors (Lipinski definition) is 2. The Kier molecular flexibility index (Phi) is 4.72. The van der Waals surface area contributed by atoms with Gasteiger partial charge in [0.1, 0.15) is 11.5 Å². The van der Waals surface area contributed by atoms with E-state index in [1.807, 2.05) is 37.4 Å². The fraction of sp³-hybridized carbons (Fsp3) is 0.318. The molecule has 3 aromatic rings. The molecule has 5 rings (SSSR count). The van der Waals surface area contributed by atoms with Crippen LogP contribution in [0.1, 0.15) is 23.7 Å². The Bertz CT molecular complexity index is 1140. The van der Waals surface area contributed by atoms with E-state index in [1.54, 1.807) is 0 Å². The van der Waals surface area contributed by atoms with E-state index in [2.05, 4.69) is 45.4 Å². The van der Waals surface area contributed by atoms with Gasteiger partial charge in [-0.3, -0.25) is 5.10 Å². The fourth-order valence-corrected chi connectivity index (χ4v) is 4.20. The van der Waals surface area contributed by atoms with Crippen LogP contribution >= 0.6 is 11.6 Å². The van der Waals surface area contributed by atoms with Crippen LogP contribution in [0.5, 0.6) is 0 Å². The quantitative estimate of drug-likeness (QED) is 0.509. The van der Waals surface area contributed by atoms with Crippen LogP contribution in [0.3, 0.4) is 0 Å². The zero-order valence-electron chi connectivity index (χ0n) is 17.3. The van der Waals surface area contributed by atoms with E-state index in [0.717, 1.165) is 59.4 Å². The number of benzene rings is 1. The normalized spacial score (nSPS) is 18.9. The second-order valence-corrected chi connectivity index (χ2v) is 8.38. The van der Waals surface area contributed by atoms with Crippen molar-refractivity contribution in [1.82, 2.24) is 20.1 Å². The van der Waals surface area contributed by atoms with Gasteiger partial charge in [0.05, 0.1) is 17.1 Å². The Labute approximate surface area is 180 Å². The maximum Gasteiger partial charge on any atom is 0.178 e. The van der Waals surface area contributed by atoms with Gasteiger partial charge in [0.2, 0.25) is 0 Å². The first kappa shape index (κ1) is 19.1. The van der Waals surface area contributed by atoms with E-state index < -0.39 is 0 Å². The van der Waals surface area contributed by atoms with Gasteiger partial charge < -0.3 is 15.1 Å². The molecule has 7 nitrogen and oxygen atoms in total. The number of hydrogen-bond acceptors (Lipinski definition) is 6. The average molecular weight is 422 g/mol. The number of aromatic amines is 1. The summed E-state index contributed by atoms with van der Waals surface area (Å²) in [5.41, 5.74) is 5.18. The van der Waals surface area contributed by atoms with Crippen LogP contribution in [0.15, 0.2) is 41.5 Å². The number of H-pyrrole nitrogens is 1. The smallest absolute Gasteiger partial charge is 0.178 e. The molecule has 1 unspecified atom stereocenters. The van der Waals surface area contributed by atoms with Crippen molar-refractivity contribution in [3.63, 3.8) is 0 Å². The standard InChI is InChI=1S/C22H24ClN7/c1-13-12-30(9-8-29(13)3)19-10-18-16(11-24-19)21(15-6-4-5-7-17(15)23)26-20-14(2)27-28-22(20)25-18/h4-7,10-11,13H,8-9,12H2,1-3H3,(H2,25,27,28). The molecule has 30 heavy (non-hydrogen) atoms. The van der Waals surface area contributed by atoms with Crippen LogP contribution in [0, 0.1) is 6.92 Å². The Hall–Kier alpha value is -2.90. The van der Waals surface area contributed by atoms with Crippen LogP contribution in [-0.4, -0.2) is 58.5 Å². The summed E-state index contributed by atoms with van der Waals surface area (Å²) in [6, 6.07) is 10.3. The number of pyridine rings is 1. The number of fused-ring (bicyclic) bond motifs is 2. The van der Waals surface area contributed by atoms with Gasteiger partial charge in [0.15, 0.2) is 5.82 Å². The molecule has 154 valence electrons. The summed E-state index contributed by atoms with van der Waals surface area (Å²) >= 11 is 6.54. The lowest BCUT2D eigenvalue weighted by Crippen LogP contribution is -2.50. The van der Waals surface area contributed by atoms with Crippen molar-refractivity contribution in [2.24, 2.45) is 4.99 Å². The number of nitrogens with zero attached hydrogens (tertiary/aromatic N) is 5. The Morgan fingerprint density at radius 2 is 2.00 bits per heavy atom. The second kappa shape index (κ2) is 7.41. The highest BCUT2D eigenvalue weighted by molar-refractivity contribution is 6.36. The minimum Gasteiger partial charge on any atom is -0.354 e. The molecule has 1 fully saturated rings. The third-order valence-electron chi connectivity index (χ3n) is 5.95. The number of likely N-dealkylation sites (N-methyl/N-ethyl adjacent to an activating group) is 1. The number of anilines is 3. The van der Waals surface area contributed by atoms with Gasteiger partial charge >= 0.3 is 0 Å². The van der Waals surface area contributed by atoms with Gasteiger partial charge in [-0.2, -0.15) is 5.10 Å². The lowest BCUT2D eigenvalue weighted by atomic mass is 10.0. The van der Waals surface area contributed by atoms with Crippen molar-refractivity contribution in [3.05, 3.63) is 58.4 Å². The van der Waals surface area contributed by atoms with Crippen molar-refractivity contribution in [2.45, 2.75) is 19.9 Å². The Morgan fingerprint density at radius 1 is 1.17 bits per heavy atom. The van der Waals surface area contributed by atoms with Crippen LogP contribution in [0.25, 0.3) is 0 Å². The van der Waals surface area contributed by atoms with E-state index in [1.165, 1.54) is 0 Å². The van der Waals surface area contributed by atoms with Gasteiger partial charge in [0.25, 0.3) is 0 Å². The highest BCUT2D eigenvalue weighted by Crippen LogP contribution is 2.38. The summed E-state index contributed by atoms with van der Waals surface area (Å²) in [5.74, 6) is 1.66. The molecular formula is C22H24ClN7. The van der Waals surface area contributed by atoms with E-state index >= 15 is 0 Å². The molecule has 0 spiro atoms. The third-order valence-corrected chi connectivity index (χ3v) is 6.28. The Balaban J connectivity index is 1.63. The topological polar surface area (TPSA) is 72.4 Å². The van der Waals surface area contributed by atoms with Crippen LogP contribution < -0.4 is 10.2 Å². The van der Waals surface area contributed by atoms with Gasteiger partial charge in [-0.05, 0) is 27.0 Å². The molecule has 2 aliphatic rings. The van der Waals surface area contributed by atoms with Crippen LogP contribution in [-0.2, 0) is 0 Å². The van der Waals surface area contributed by atoms with Gasteiger partial charge in [-0.1, -0.05) is 29.8 Å². The summed E-state index contributed by atoms with van der Waals surface area (Å²) < 4.78 is 0. The number of aromatic nitrogens is 3. The number of rotatable bonds is 2. The first-order valence-corrected chi connectivity index (χ1v) is 10.5. The fourth-order valence-electron chi connectivity index (χ4n) is 3.97. The molecule has 2 aromatic heterocycles. The average Bonchev–Trinajstić information content (AvgIpc) is 2.99. The van der Waals surface area contributed by atoms with E-state index in [0.29, 0.717) is 16.9 Å². The second-order valence-electron chi connectivity index (χ2n) is 7.97. The zero-order chi connectivity index (χ0) is 20.8. The molecule has 0 aliphatic carbocycles. The number of halogens is 1. The van der Waals surface area contributed by atoms with Crippen molar-refractivity contribution < 1.29 is 0 Å². The van der Waals surface area contributed by atoms with Crippen LogP contribution in [0.4, 0.5) is 23.0 Å². The van der Waals surface area contributed by atoms with Gasteiger partial charge in [-0.25, -0.2) is 9.98 Å². The molecule has 4 heterocycles. The van der Waals surface area contributed by atoms with Crippen LogP contribution in [0.2, 0.25) is 5.02 Å². The molecule has 1 atom stereocenters. The molecule has 0 amide bonds. The zero-order valence-corrected chi connectivity index (χ0v) is 18.0. The van der Waals surface area contributed by atoms with E-state index in [4.69, 9.17) is 21.6 Å². The SMILES string of the molecule is Cc1[nH]nc2c1N=C(c1ccccc1Cl)c1cnc(N3CCN(C)C(C)C3)cc1N2. The molecule has 2 aliphatic heterocycles. The summed E-state index contributed by atoms with van der Waals surface area (Å²) in [6.45, 7) is 7.12. The molecule has 0 bridgehead atoms. The third kappa shape index (κ3) is 3.24. The minimum absolute atomic E-state index is 0.480. The summed E-state index contributed by atoms with van der Waals surface area (Å²) in [7, 11) is 2.17. The van der Waals surface area contributed by atoms with Gasteiger partial charge in [-0.15, -0.1) is 0 Å². The van der Waals surface area contributed by atoms with Crippen molar-refractivity contribution >= 4 is 40.3 Å². The number of aliphatic imine (C=N–C) groups is 1. The number of piperazine rings is 1. The maximum atomic E-state index is 6.54.